The van der Waals surface area contributed by atoms with Gasteiger partial charge in [-0.1, -0.05) is 0 Å². The first kappa shape index (κ1) is 10.5. The number of piperidine rings is 1. The van der Waals surface area contributed by atoms with E-state index in [1.807, 2.05) is 24.1 Å². The molecule has 2 rings (SSSR count). The molecule has 4 heteroatoms. The van der Waals surface area contributed by atoms with Crippen molar-refractivity contribution in [3.05, 3.63) is 12.4 Å². The summed E-state index contributed by atoms with van der Waals surface area (Å²) in [7, 11) is 1.94. The maximum Gasteiger partial charge on any atom is 0.0726 e. The van der Waals surface area contributed by atoms with Crippen LogP contribution in [0.4, 0.5) is 5.69 Å². The van der Waals surface area contributed by atoms with Gasteiger partial charge in [-0.3, -0.25) is 4.68 Å². The number of hydrogen-bond donors (Lipinski definition) is 2. The highest BCUT2D eigenvalue weighted by Gasteiger charge is 2.17. The van der Waals surface area contributed by atoms with Crippen LogP contribution in [0.5, 0.6) is 0 Å². The van der Waals surface area contributed by atoms with Crippen LogP contribution in [-0.2, 0) is 7.05 Å². The summed E-state index contributed by atoms with van der Waals surface area (Å²) in [5.74, 6) is 0.793. The summed E-state index contributed by atoms with van der Waals surface area (Å²) in [5.41, 5.74) is 1.13. The van der Waals surface area contributed by atoms with Crippen molar-refractivity contribution in [2.75, 3.05) is 18.4 Å². The van der Waals surface area contributed by atoms with Gasteiger partial charge in [0.25, 0.3) is 0 Å². The third kappa shape index (κ3) is 2.96. The lowest BCUT2D eigenvalue weighted by atomic mass is 9.93. The lowest BCUT2D eigenvalue weighted by Crippen LogP contribution is -2.37. The van der Waals surface area contributed by atoms with Crippen LogP contribution >= 0.6 is 0 Å². The van der Waals surface area contributed by atoms with E-state index in [1.165, 1.54) is 12.8 Å². The fraction of sp³-hybridized carbons (Fsp3) is 0.727. The molecule has 2 atom stereocenters. The zero-order valence-corrected chi connectivity index (χ0v) is 9.53. The van der Waals surface area contributed by atoms with Crippen LogP contribution in [0.1, 0.15) is 19.8 Å². The van der Waals surface area contributed by atoms with Crippen molar-refractivity contribution in [2.45, 2.75) is 25.8 Å². The molecule has 1 aliphatic rings. The van der Waals surface area contributed by atoms with Gasteiger partial charge in [-0.15, -0.1) is 0 Å². The Morgan fingerprint density at radius 1 is 1.67 bits per heavy atom. The molecule has 0 saturated carbocycles. The predicted molar refractivity (Wildman–Crippen MR) is 61.9 cm³/mol. The molecule has 4 nitrogen and oxygen atoms in total. The zero-order valence-electron chi connectivity index (χ0n) is 9.53. The van der Waals surface area contributed by atoms with Gasteiger partial charge in [-0.05, 0) is 32.2 Å². The Bertz CT molecular complexity index is 307. The van der Waals surface area contributed by atoms with Crippen molar-refractivity contribution in [3.63, 3.8) is 0 Å². The summed E-state index contributed by atoms with van der Waals surface area (Å²) < 4.78 is 1.83. The molecule has 0 radical (unpaired) electrons. The van der Waals surface area contributed by atoms with Gasteiger partial charge in [-0.2, -0.15) is 5.10 Å². The van der Waals surface area contributed by atoms with Crippen molar-refractivity contribution in [1.82, 2.24) is 15.1 Å². The third-order valence-electron chi connectivity index (χ3n) is 3.03. The van der Waals surface area contributed by atoms with Gasteiger partial charge in [-0.25, -0.2) is 0 Å². The van der Waals surface area contributed by atoms with Crippen LogP contribution < -0.4 is 10.6 Å². The van der Waals surface area contributed by atoms with E-state index in [9.17, 15) is 0 Å². The molecule has 0 aliphatic carbocycles. The Kier molecular flexibility index (Phi) is 3.26. The minimum atomic E-state index is 0.666. The summed E-state index contributed by atoms with van der Waals surface area (Å²) in [6.07, 6.45) is 6.44. The molecule has 2 unspecified atom stereocenters. The lowest BCUT2D eigenvalue weighted by molar-refractivity contribution is 0.327. The summed E-state index contributed by atoms with van der Waals surface area (Å²) in [5, 5.41) is 11.1. The second-order valence-corrected chi connectivity index (χ2v) is 4.53. The molecule has 1 aromatic rings. The number of hydrogen-bond acceptors (Lipinski definition) is 3. The van der Waals surface area contributed by atoms with Crippen LogP contribution in [0.2, 0.25) is 0 Å². The third-order valence-corrected chi connectivity index (χ3v) is 3.03. The molecular formula is C11H20N4. The van der Waals surface area contributed by atoms with E-state index in [0.717, 1.165) is 24.7 Å². The van der Waals surface area contributed by atoms with Crippen LogP contribution in [0.3, 0.4) is 0 Å². The number of aromatic nitrogens is 2. The average Bonchev–Trinajstić information content (AvgIpc) is 2.62. The van der Waals surface area contributed by atoms with Gasteiger partial charge in [0.15, 0.2) is 0 Å². The molecule has 84 valence electrons. The first-order valence-corrected chi connectivity index (χ1v) is 5.70. The first-order valence-electron chi connectivity index (χ1n) is 5.70. The van der Waals surface area contributed by atoms with Crippen LogP contribution in [-0.4, -0.2) is 28.9 Å². The van der Waals surface area contributed by atoms with E-state index < -0.39 is 0 Å². The standard InChI is InChI=1S/C11H20N4/c1-9-5-10(3-4-12-9)6-13-11-7-14-15(2)8-11/h7-10,12-13H,3-6H2,1-2H3. The fourth-order valence-electron chi connectivity index (χ4n) is 2.20. The maximum absolute atomic E-state index is 4.14. The number of anilines is 1. The van der Waals surface area contributed by atoms with Crippen molar-refractivity contribution < 1.29 is 0 Å². The van der Waals surface area contributed by atoms with Crippen molar-refractivity contribution in [1.29, 1.82) is 0 Å². The minimum absolute atomic E-state index is 0.666. The SMILES string of the molecule is CC1CC(CNc2cnn(C)c2)CCN1. The molecule has 2 heterocycles. The van der Waals surface area contributed by atoms with Gasteiger partial charge >= 0.3 is 0 Å². The molecule has 0 aromatic carbocycles. The molecule has 0 bridgehead atoms. The Morgan fingerprint density at radius 2 is 2.53 bits per heavy atom. The van der Waals surface area contributed by atoms with Crippen molar-refractivity contribution in [3.8, 4) is 0 Å². The van der Waals surface area contributed by atoms with E-state index in [0.29, 0.717) is 6.04 Å². The smallest absolute Gasteiger partial charge is 0.0726 e. The number of nitrogens with zero attached hydrogens (tertiary/aromatic N) is 2. The summed E-state index contributed by atoms with van der Waals surface area (Å²) >= 11 is 0. The Morgan fingerprint density at radius 3 is 3.20 bits per heavy atom. The van der Waals surface area contributed by atoms with E-state index >= 15 is 0 Å². The molecule has 1 fully saturated rings. The number of aryl methyl sites for hydroxylation is 1. The average molecular weight is 208 g/mol. The second-order valence-electron chi connectivity index (χ2n) is 4.53. The molecule has 15 heavy (non-hydrogen) atoms. The van der Waals surface area contributed by atoms with E-state index in [2.05, 4.69) is 22.7 Å². The highest BCUT2D eigenvalue weighted by Crippen LogP contribution is 2.16. The molecule has 2 N–H and O–H groups in total. The van der Waals surface area contributed by atoms with Gasteiger partial charge in [0.2, 0.25) is 0 Å². The van der Waals surface area contributed by atoms with E-state index in [-0.39, 0.29) is 0 Å². The lowest BCUT2D eigenvalue weighted by Gasteiger charge is -2.28. The van der Waals surface area contributed by atoms with Crippen LogP contribution in [0, 0.1) is 5.92 Å². The Labute approximate surface area is 91.1 Å². The van der Waals surface area contributed by atoms with Crippen LogP contribution in [0.25, 0.3) is 0 Å². The zero-order chi connectivity index (χ0) is 10.7. The second kappa shape index (κ2) is 4.66. The van der Waals surface area contributed by atoms with Crippen molar-refractivity contribution >= 4 is 5.69 Å². The normalized spacial score (nSPS) is 26.5. The van der Waals surface area contributed by atoms with Gasteiger partial charge in [0, 0.05) is 25.8 Å². The summed E-state index contributed by atoms with van der Waals surface area (Å²) in [4.78, 5) is 0. The molecule has 1 aliphatic heterocycles. The van der Waals surface area contributed by atoms with Gasteiger partial charge in [0.05, 0.1) is 11.9 Å². The highest BCUT2D eigenvalue weighted by atomic mass is 15.3. The Hall–Kier alpha value is -1.03. The van der Waals surface area contributed by atoms with Gasteiger partial charge < -0.3 is 10.6 Å². The molecular weight excluding hydrogens is 188 g/mol. The first-order chi connectivity index (χ1) is 7.24. The van der Waals surface area contributed by atoms with Crippen molar-refractivity contribution in [2.24, 2.45) is 13.0 Å². The molecule has 0 spiro atoms. The Balaban J connectivity index is 1.77. The largest absolute Gasteiger partial charge is 0.382 e. The fourth-order valence-corrected chi connectivity index (χ4v) is 2.20. The number of rotatable bonds is 3. The summed E-state index contributed by atoms with van der Waals surface area (Å²) in [6, 6.07) is 0.666. The molecule has 1 aromatic heterocycles. The van der Waals surface area contributed by atoms with E-state index in [4.69, 9.17) is 0 Å². The predicted octanol–water partition coefficient (Wildman–Crippen LogP) is 1.22. The number of nitrogens with one attached hydrogen (secondary N) is 2. The molecule has 0 amide bonds. The topological polar surface area (TPSA) is 41.9 Å². The minimum Gasteiger partial charge on any atom is -0.382 e. The summed E-state index contributed by atoms with van der Waals surface area (Å²) in [6.45, 7) is 4.48. The van der Waals surface area contributed by atoms with Crippen LogP contribution in [0.15, 0.2) is 12.4 Å². The maximum atomic E-state index is 4.14. The van der Waals surface area contributed by atoms with E-state index in [1.54, 1.807) is 0 Å². The molecule has 1 saturated heterocycles. The highest BCUT2D eigenvalue weighted by molar-refractivity contribution is 5.37. The monoisotopic (exact) mass is 208 g/mol. The quantitative estimate of drug-likeness (QED) is 0.785. The van der Waals surface area contributed by atoms with Gasteiger partial charge in [0.1, 0.15) is 0 Å².